The van der Waals surface area contributed by atoms with E-state index in [9.17, 15) is 0 Å². The average molecular weight is 294 g/mol. The van der Waals surface area contributed by atoms with Crippen LogP contribution in [0.4, 0.5) is 0 Å². The van der Waals surface area contributed by atoms with Gasteiger partial charge in [0, 0.05) is 13.1 Å². The number of hydrogen-bond donors (Lipinski definition) is 0. The molecule has 124 valence electrons. The van der Waals surface area contributed by atoms with Gasteiger partial charge in [-0.3, -0.25) is 0 Å². The Hall–Kier alpha value is -0.460. The van der Waals surface area contributed by atoms with Crippen LogP contribution in [0, 0.1) is 0 Å². The second-order valence-electron chi connectivity index (χ2n) is 6.81. The Labute approximate surface area is 134 Å². The Morgan fingerprint density at radius 2 is 1.14 bits per heavy atom. The molecule has 0 saturated heterocycles. The van der Waals surface area contributed by atoms with Crippen LogP contribution in [-0.2, 0) is 0 Å². The highest BCUT2D eigenvalue weighted by Gasteiger charge is 2.02. The van der Waals surface area contributed by atoms with Crippen LogP contribution in [0.3, 0.4) is 0 Å². The second-order valence-corrected chi connectivity index (χ2v) is 6.81. The summed E-state index contributed by atoms with van der Waals surface area (Å²) in [6.07, 6.45) is 26.2. The van der Waals surface area contributed by atoms with Gasteiger partial charge in [0.15, 0.2) is 0 Å². The zero-order chi connectivity index (χ0) is 15.0. The predicted molar refractivity (Wildman–Crippen MR) is 95.6 cm³/mol. The van der Waals surface area contributed by atoms with E-state index in [1.165, 1.54) is 109 Å². The van der Waals surface area contributed by atoms with Gasteiger partial charge in [-0.15, -0.1) is 0 Å². The summed E-state index contributed by atoms with van der Waals surface area (Å²) < 4.78 is 0. The van der Waals surface area contributed by atoms with Crippen molar-refractivity contribution in [1.29, 1.82) is 0 Å². The van der Waals surface area contributed by atoms with Crippen LogP contribution in [0.25, 0.3) is 0 Å². The third kappa shape index (κ3) is 11.8. The number of unbranched alkanes of at least 4 members (excludes halogenated alkanes) is 13. The van der Waals surface area contributed by atoms with Crippen molar-refractivity contribution < 1.29 is 0 Å². The summed E-state index contributed by atoms with van der Waals surface area (Å²) in [6.45, 7) is 4.84. The Kier molecular flexibility index (Phi) is 12.8. The topological polar surface area (TPSA) is 3.24 Å². The molecule has 0 aromatic heterocycles. The molecule has 0 saturated carbocycles. The Morgan fingerprint density at radius 3 is 1.57 bits per heavy atom. The van der Waals surface area contributed by atoms with Gasteiger partial charge in [-0.2, -0.15) is 0 Å². The van der Waals surface area contributed by atoms with Gasteiger partial charge in [0.2, 0.25) is 0 Å². The second kappa shape index (κ2) is 14.5. The van der Waals surface area contributed by atoms with E-state index in [1.54, 1.807) is 0 Å². The quantitative estimate of drug-likeness (QED) is 0.304. The van der Waals surface area contributed by atoms with Crippen LogP contribution in [0.15, 0.2) is 12.3 Å². The Balaban J connectivity index is 1.66. The molecule has 1 heterocycles. The van der Waals surface area contributed by atoms with Gasteiger partial charge in [0.25, 0.3) is 0 Å². The Bertz CT molecular complexity index is 234. The normalized spacial score (nSPS) is 14.2. The standard InChI is InChI=1S/C20H39N/c1-2-3-4-5-6-7-8-9-10-11-12-13-14-15-18-21-19-16-17-20-21/h16,19H,2-15,17-18,20H2,1H3. The summed E-state index contributed by atoms with van der Waals surface area (Å²) in [7, 11) is 0. The molecule has 0 atom stereocenters. The van der Waals surface area contributed by atoms with E-state index in [0.717, 1.165) is 0 Å². The van der Waals surface area contributed by atoms with E-state index in [2.05, 4.69) is 24.1 Å². The van der Waals surface area contributed by atoms with Gasteiger partial charge in [-0.05, 0) is 19.0 Å². The van der Waals surface area contributed by atoms with E-state index >= 15 is 0 Å². The van der Waals surface area contributed by atoms with Gasteiger partial charge in [0.05, 0.1) is 0 Å². The lowest BCUT2D eigenvalue weighted by molar-refractivity contribution is 0.387. The minimum atomic E-state index is 1.26. The molecular weight excluding hydrogens is 254 g/mol. The van der Waals surface area contributed by atoms with Crippen molar-refractivity contribution in [3.05, 3.63) is 12.3 Å². The first-order valence-electron chi connectivity index (χ1n) is 9.84. The molecule has 0 spiro atoms. The van der Waals surface area contributed by atoms with Crippen molar-refractivity contribution in [1.82, 2.24) is 4.90 Å². The monoisotopic (exact) mass is 293 g/mol. The Morgan fingerprint density at radius 1 is 0.667 bits per heavy atom. The van der Waals surface area contributed by atoms with Crippen LogP contribution < -0.4 is 0 Å². The third-order valence-electron chi connectivity index (χ3n) is 4.70. The van der Waals surface area contributed by atoms with Gasteiger partial charge in [0.1, 0.15) is 0 Å². The molecule has 21 heavy (non-hydrogen) atoms. The van der Waals surface area contributed by atoms with Crippen molar-refractivity contribution >= 4 is 0 Å². The van der Waals surface area contributed by atoms with Crippen LogP contribution in [0.5, 0.6) is 0 Å². The van der Waals surface area contributed by atoms with Crippen molar-refractivity contribution in [3.8, 4) is 0 Å². The van der Waals surface area contributed by atoms with Crippen LogP contribution in [-0.4, -0.2) is 18.0 Å². The zero-order valence-corrected chi connectivity index (χ0v) is 14.6. The molecule has 1 heteroatoms. The molecular formula is C20H39N. The molecule has 0 aromatic rings. The minimum absolute atomic E-state index is 1.26. The maximum Gasteiger partial charge on any atom is 0.0207 e. The lowest BCUT2D eigenvalue weighted by atomic mass is 10.0. The summed E-state index contributed by atoms with van der Waals surface area (Å²) in [5.41, 5.74) is 0. The molecule has 1 aliphatic rings. The fourth-order valence-electron chi connectivity index (χ4n) is 3.23. The molecule has 0 fully saturated rings. The van der Waals surface area contributed by atoms with Crippen LogP contribution in [0.2, 0.25) is 0 Å². The first-order chi connectivity index (χ1) is 10.4. The molecule has 0 aromatic carbocycles. The smallest absolute Gasteiger partial charge is 0.0207 e. The predicted octanol–water partition coefficient (Wildman–Crippen LogP) is 6.69. The highest BCUT2D eigenvalue weighted by molar-refractivity contribution is 4.90. The lowest BCUT2D eigenvalue weighted by Crippen LogP contribution is -2.15. The molecule has 1 nitrogen and oxygen atoms in total. The van der Waals surface area contributed by atoms with Crippen molar-refractivity contribution in [3.63, 3.8) is 0 Å². The fraction of sp³-hybridized carbons (Fsp3) is 0.900. The van der Waals surface area contributed by atoms with E-state index in [-0.39, 0.29) is 0 Å². The van der Waals surface area contributed by atoms with E-state index in [0.29, 0.717) is 0 Å². The van der Waals surface area contributed by atoms with Crippen molar-refractivity contribution in [2.75, 3.05) is 13.1 Å². The highest BCUT2D eigenvalue weighted by atomic mass is 15.1. The van der Waals surface area contributed by atoms with Gasteiger partial charge < -0.3 is 4.90 Å². The summed E-state index contributed by atoms with van der Waals surface area (Å²) >= 11 is 0. The van der Waals surface area contributed by atoms with Crippen molar-refractivity contribution in [2.24, 2.45) is 0 Å². The molecule has 0 aliphatic carbocycles. The number of rotatable bonds is 15. The summed E-state index contributed by atoms with van der Waals surface area (Å²) in [4.78, 5) is 2.47. The molecule has 1 rings (SSSR count). The summed E-state index contributed by atoms with van der Waals surface area (Å²) in [5, 5.41) is 0. The van der Waals surface area contributed by atoms with Crippen molar-refractivity contribution in [2.45, 2.75) is 103 Å². The summed E-state index contributed by atoms with van der Waals surface area (Å²) in [5.74, 6) is 0. The first-order valence-corrected chi connectivity index (χ1v) is 9.84. The fourth-order valence-corrected chi connectivity index (χ4v) is 3.23. The number of hydrogen-bond acceptors (Lipinski definition) is 1. The van der Waals surface area contributed by atoms with Crippen LogP contribution in [0.1, 0.15) is 103 Å². The summed E-state index contributed by atoms with van der Waals surface area (Å²) in [6, 6.07) is 0. The first kappa shape index (κ1) is 18.6. The zero-order valence-electron chi connectivity index (χ0n) is 14.6. The SMILES string of the molecule is CCCCCCCCCCCCCCCCN1C=CCC1. The third-order valence-corrected chi connectivity index (χ3v) is 4.70. The van der Waals surface area contributed by atoms with E-state index < -0.39 is 0 Å². The van der Waals surface area contributed by atoms with E-state index in [4.69, 9.17) is 0 Å². The molecule has 0 unspecified atom stereocenters. The van der Waals surface area contributed by atoms with Crippen LogP contribution >= 0.6 is 0 Å². The van der Waals surface area contributed by atoms with E-state index in [1.807, 2.05) is 0 Å². The lowest BCUT2D eigenvalue weighted by Gasteiger charge is -2.14. The van der Waals surface area contributed by atoms with Gasteiger partial charge in [-0.25, -0.2) is 0 Å². The van der Waals surface area contributed by atoms with Gasteiger partial charge >= 0.3 is 0 Å². The minimum Gasteiger partial charge on any atom is -0.377 e. The maximum absolute atomic E-state index is 2.47. The molecule has 0 N–H and O–H groups in total. The molecule has 0 bridgehead atoms. The molecule has 0 amide bonds. The van der Waals surface area contributed by atoms with Gasteiger partial charge in [-0.1, -0.05) is 96.5 Å². The highest BCUT2D eigenvalue weighted by Crippen LogP contribution is 2.13. The largest absolute Gasteiger partial charge is 0.377 e. The molecule has 0 radical (unpaired) electrons. The average Bonchev–Trinajstić information content (AvgIpc) is 3.01. The molecule has 1 aliphatic heterocycles. The maximum atomic E-state index is 2.47. The number of nitrogens with zero attached hydrogens (tertiary/aromatic N) is 1.